The highest BCUT2D eigenvalue weighted by Gasteiger charge is 2.17. The van der Waals surface area contributed by atoms with E-state index in [4.69, 9.17) is 9.47 Å². The maximum Gasteiger partial charge on any atom is 0.267 e. The number of thiazole rings is 1. The number of methoxy groups -OCH3 is 1. The second-order valence-corrected chi connectivity index (χ2v) is 7.37. The Hall–Kier alpha value is -2.86. The average Bonchev–Trinajstić information content (AvgIpc) is 3.02. The first kappa shape index (κ1) is 18.9. The van der Waals surface area contributed by atoms with Crippen LogP contribution >= 0.6 is 11.3 Å². The van der Waals surface area contributed by atoms with Gasteiger partial charge in [-0.05, 0) is 50.6 Å². The van der Waals surface area contributed by atoms with Gasteiger partial charge in [0.25, 0.3) is 5.91 Å². The molecule has 0 saturated carbocycles. The van der Waals surface area contributed by atoms with Crippen molar-refractivity contribution in [2.75, 3.05) is 12.4 Å². The standard InChI is InChI=1S/C21H22N2O3S/c1-13-5-8-16(9-6-13)26-12-19-22-15(3)20(27-19)21(24)23-17-11-14(2)7-10-18(17)25-4/h5-11H,12H2,1-4H3,(H,23,24). The lowest BCUT2D eigenvalue weighted by atomic mass is 10.2. The molecule has 2 aromatic carbocycles. The van der Waals surface area contributed by atoms with Crippen molar-refractivity contribution < 1.29 is 14.3 Å². The van der Waals surface area contributed by atoms with Crippen LogP contribution in [0, 0.1) is 20.8 Å². The van der Waals surface area contributed by atoms with Gasteiger partial charge in [0.1, 0.15) is 28.0 Å². The summed E-state index contributed by atoms with van der Waals surface area (Å²) in [5, 5.41) is 3.68. The van der Waals surface area contributed by atoms with Gasteiger partial charge < -0.3 is 14.8 Å². The second kappa shape index (κ2) is 8.22. The Morgan fingerprint density at radius 3 is 2.48 bits per heavy atom. The van der Waals surface area contributed by atoms with E-state index < -0.39 is 0 Å². The van der Waals surface area contributed by atoms with Crippen molar-refractivity contribution in [2.45, 2.75) is 27.4 Å². The summed E-state index contributed by atoms with van der Waals surface area (Å²) in [5.41, 5.74) is 3.55. The van der Waals surface area contributed by atoms with Gasteiger partial charge in [-0.1, -0.05) is 23.8 Å². The summed E-state index contributed by atoms with van der Waals surface area (Å²) in [4.78, 5) is 17.7. The first-order chi connectivity index (χ1) is 13.0. The zero-order valence-electron chi connectivity index (χ0n) is 15.8. The third kappa shape index (κ3) is 4.65. The molecule has 3 aromatic rings. The lowest BCUT2D eigenvalue weighted by Crippen LogP contribution is -2.12. The molecule has 0 unspecified atom stereocenters. The van der Waals surface area contributed by atoms with Crippen molar-refractivity contribution in [1.29, 1.82) is 0 Å². The Bertz CT molecular complexity index is 949. The fourth-order valence-corrected chi connectivity index (χ4v) is 3.48. The van der Waals surface area contributed by atoms with Crippen molar-refractivity contribution in [3.05, 3.63) is 69.2 Å². The van der Waals surface area contributed by atoms with E-state index in [2.05, 4.69) is 10.3 Å². The molecule has 1 amide bonds. The molecular formula is C21H22N2O3S. The highest BCUT2D eigenvalue weighted by molar-refractivity contribution is 7.13. The first-order valence-electron chi connectivity index (χ1n) is 8.58. The molecule has 140 valence electrons. The van der Waals surface area contributed by atoms with Crippen LogP contribution in [0.2, 0.25) is 0 Å². The topological polar surface area (TPSA) is 60.5 Å². The number of nitrogens with zero attached hydrogens (tertiary/aromatic N) is 1. The Morgan fingerprint density at radius 2 is 1.78 bits per heavy atom. The van der Waals surface area contributed by atoms with Crippen LogP contribution < -0.4 is 14.8 Å². The second-order valence-electron chi connectivity index (χ2n) is 6.28. The SMILES string of the molecule is COc1ccc(C)cc1NC(=O)c1sc(COc2ccc(C)cc2)nc1C. The lowest BCUT2D eigenvalue weighted by Gasteiger charge is -2.10. The largest absolute Gasteiger partial charge is 0.495 e. The normalized spacial score (nSPS) is 10.5. The molecule has 27 heavy (non-hydrogen) atoms. The molecule has 0 atom stereocenters. The minimum absolute atomic E-state index is 0.199. The quantitative estimate of drug-likeness (QED) is 0.658. The molecule has 5 nitrogen and oxygen atoms in total. The molecule has 0 fully saturated rings. The van der Waals surface area contributed by atoms with E-state index in [9.17, 15) is 4.79 Å². The summed E-state index contributed by atoms with van der Waals surface area (Å²) in [6, 6.07) is 13.5. The highest BCUT2D eigenvalue weighted by Crippen LogP contribution is 2.27. The zero-order valence-corrected chi connectivity index (χ0v) is 16.6. The molecular weight excluding hydrogens is 360 g/mol. The number of rotatable bonds is 6. The van der Waals surface area contributed by atoms with Gasteiger partial charge in [0.2, 0.25) is 0 Å². The third-order valence-corrected chi connectivity index (χ3v) is 5.16. The molecule has 0 bridgehead atoms. The van der Waals surface area contributed by atoms with Crippen molar-refractivity contribution >= 4 is 22.9 Å². The molecule has 3 rings (SSSR count). The maximum atomic E-state index is 12.7. The van der Waals surface area contributed by atoms with E-state index in [0.29, 0.717) is 28.6 Å². The van der Waals surface area contributed by atoms with Crippen LogP contribution in [-0.2, 0) is 6.61 Å². The van der Waals surface area contributed by atoms with Crippen molar-refractivity contribution in [2.24, 2.45) is 0 Å². The van der Waals surface area contributed by atoms with Gasteiger partial charge >= 0.3 is 0 Å². The van der Waals surface area contributed by atoms with Crippen LogP contribution in [0.25, 0.3) is 0 Å². The fraction of sp³-hybridized carbons (Fsp3) is 0.238. The predicted molar refractivity (Wildman–Crippen MR) is 108 cm³/mol. The Kier molecular flexibility index (Phi) is 5.76. The summed E-state index contributed by atoms with van der Waals surface area (Å²) in [7, 11) is 1.58. The van der Waals surface area contributed by atoms with Crippen LogP contribution in [0.4, 0.5) is 5.69 Å². The van der Waals surface area contributed by atoms with Gasteiger partial charge in [0, 0.05) is 0 Å². The number of benzene rings is 2. The molecule has 0 spiro atoms. The number of amides is 1. The summed E-state index contributed by atoms with van der Waals surface area (Å²) >= 11 is 1.34. The predicted octanol–water partition coefficient (Wildman–Crippen LogP) is 4.91. The molecule has 1 aromatic heterocycles. The van der Waals surface area contributed by atoms with Crippen LogP contribution in [0.1, 0.15) is 31.5 Å². The van der Waals surface area contributed by atoms with Crippen LogP contribution in [0.15, 0.2) is 42.5 Å². The van der Waals surface area contributed by atoms with E-state index in [1.54, 1.807) is 7.11 Å². The summed E-state index contributed by atoms with van der Waals surface area (Å²) in [6.07, 6.45) is 0. The molecule has 0 aliphatic heterocycles. The first-order valence-corrected chi connectivity index (χ1v) is 9.39. The third-order valence-electron chi connectivity index (χ3n) is 4.03. The number of ether oxygens (including phenoxy) is 2. The minimum Gasteiger partial charge on any atom is -0.495 e. The van der Waals surface area contributed by atoms with Crippen LogP contribution in [0.5, 0.6) is 11.5 Å². The van der Waals surface area contributed by atoms with Gasteiger partial charge in [0.15, 0.2) is 0 Å². The number of hydrogen-bond acceptors (Lipinski definition) is 5. The highest BCUT2D eigenvalue weighted by atomic mass is 32.1. The molecule has 0 aliphatic rings. The average molecular weight is 382 g/mol. The van der Waals surface area contributed by atoms with Gasteiger partial charge in [-0.3, -0.25) is 4.79 Å². The Balaban J connectivity index is 1.71. The monoisotopic (exact) mass is 382 g/mol. The molecule has 6 heteroatoms. The number of carbonyl (C=O) groups excluding carboxylic acids is 1. The number of aromatic nitrogens is 1. The number of nitrogens with one attached hydrogen (secondary N) is 1. The Labute approximate surface area is 163 Å². The van der Waals surface area contributed by atoms with Crippen molar-refractivity contribution in [3.63, 3.8) is 0 Å². The van der Waals surface area contributed by atoms with Gasteiger partial charge in [-0.15, -0.1) is 11.3 Å². The number of hydrogen-bond donors (Lipinski definition) is 1. The van der Waals surface area contributed by atoms with Gasteiger partial charge in [0.05, 0.1) is 18.5 Å². The Morgan fingerprint density at radius 1 is 1.07 bits per heavy atom. The van der Waals surface area contributed by atoms with E-state index >= 15 is 0 Å². The van der Waals surface area contributed by atoms with E-state index in [1.165, 1.54) is 16.9 Å². The van der Waals surface area contributed by atoms with E-state index in [1.807, 2.05) is 63.2 Å². The van der Waals surface area contributed by atoms with Crippen LogP contribution in [0.3, 0.4) is 0 Å². The minimum atomic E-state index is -0.199. The van der Waals surface area contributed by atoms with Gasteiger partial charge in [-0.25, -0.2) is 4.98 Å². The number of carbonyl (C=O) groups is 1. The summed E-state index contributed by atoms with van der Waals surface area (Å²) in [6.45, 7) is 6.15. The van der Waals surface area contributed by atoms with Gasteiger partial charge in [-0.2, -0.15) is 0 Å². The maximum absolute atomic E-state index is 12.7. The summed E-state index contributed by atoms with van der Waals surface area (Å²) in [5.74, 6) is 1.21. The number of aryl methyl sites for hydroxylation is 3. The number of anilines is 1. The van der Waals surface area contributed by atoms with Crippen LogP contribution in [-0.4, -0.2) is 18.0 Å². The molecule has 0 aliphatic carbocycles. The molecule has 1 N–H and O–H groups in total. The molecule has 0 saturated heterocycles. The summed E-state index contributed by atoms with van der Waals surface area (Å²) < 4.78 is 11.1. The zero-order chi connectivity index (χ0) is 19.4. The van der Waals surface area contributed by atoms with Crippen molar-refractivity contribution in [1.82, 2.24) is 4.98 Å². The molecule has 1 heterocycles. The fourth-order valence-electron chi connectivity index (χ4n) is 2.60. The molecule has 0 radical (unpaired) electrons. The van der Waals surface area contributed by atoms with E-state index in [-0.39, 0.29) is 5.91 Å². The van der Waals surface area contributed by atoms with E-state index in [0.717, 1.165) is 16.3 Å². The lowest BCUT2D eigenvalue weighted by molar-refractivity contribution is 0.102. The smallest absolute Gasteiger partial charge is 0.267 e. The van der Waals surface area contributed by atoms with Crippen molar-refractivity contribution in [3.8, 4) is 11.5 Å².